The van der Waals surface area contributed by atoms with Crippen molar-refractivity contribution in [1.82, 2.24) is 0 Å². The Morgan fingerprint density at radius 3 is 1.65 bits per heavy atom. The molecular formula is C19H35AlO6. The number of carbonyl (C=O) groups is 3. The molecule has 0 atom stereocenters. The minimum Gasteiger partial charge on any atom is -0.852 e. The van der Waals surface area contributed by atoms with Crippen LogP contribution in [0.15, 0.2) is 0 Å². The normalized spacial score (nSPS) is 9.85. The van der Waals surface area contributed by atoms with Gasteiger partial charge in [-0.1, -0.05) is 54.4 Å². The Labute approximate surface area is 169 Å². The van der Waals surface area contributed by atoms with Crippen LogP contribution in [-0.2, 0) is 14.4 Å². The van der Waals surface area contributed by atoms with E-state index in [0.717, 1.165) is 19.3 Å². The number of carboxylic acids is 2. The van der Waals surface area contributed by atoms with E-state index in [1.54, 1.807) is 13.8 Å². The monoisotopic (exact) mass is 386 g/mol. The summed E-state index contributed by atoms with van der Waals surface area (Å²) in [6.45, 7) is 11.6. The molecule has 0 amide bonds. The van der Waals surface area contributed by atoms with Crippen molar-refractivity contribution in [2.45, 2.75) is 99.0 Å². The van der Waals surface area contributed by atoms with E-state index in [1.807, 2.05) is 6.92 Å². The van der Waals surface area contributed by atoms with Gasteiger partial charge in [-0.2, -0.15) is 0 Å². The van der Waals surface area contributed by atoms with Gasteiger partial charge in [0.05, 0.1) is 0 Å². The van der Waals surface area contributed by atoms with Crippen LogP contribution in [0.25, 0.3) is 0 Å². The molecule has 0 saturated carbocycles. The second-order valence-electron chi connectivity index (χ2n) is 7.38. The molecule has 0 aromatic heterocycles. The van der Waals surface area contributed by atoms with Gasteiger partial charge in [-0.25, -0.2) is 0 Å². The third-order valence-corrected chi connectivity index (χ3v) is 2.68. The fourth-order valence-corrected chi connectivity index (χ4v) is 1.63. The molecule has 0 N–H and O–H groups in total. The molecule has 0 heterocycles. The topological polar surface area (TPSA) is 120 Å². The smallest absolute Gasteiger partial charge is 0.852 e. The average molecular weight is 386 g/mol. The quantitative estimate of drug-likeness (QED) is 0.325. The third kappa shape index (κ3) is 49.5. The molecule has 0 aliphatic rings. The van der Waals surface area contributed by atoms with E-state index >= 15 is 0 Å². The molecule has 0 spiro atoms. The summed E-state index contributed by atoms with van der Waals surface area (Å²) < 4.78 is 0. The van der Waals surface area contributed by atoms with E-state index in [4.69, 9.17) is 0 Å². The SMILES string of the molecule is CC(C)(C)CCCCCC(=O)[O-].CC(C)[O-].CCCC(=O)CC(=O)[O-].[Al+3]. The van der Waals surface area contributed by atoms with Crippen LogP contribution < -0.4 is 15.3 Å². The van der Waals surface area contributed by atoms with Gasteiger partial charge >= 0.3 is 17.4 Å². The van der Waals surface area contributed by atoms with Gasteiger partial charge < -0.3 is 24.9 Å². The summed E-state index contributed by atoms with van der Waals surface area (Å²) in [4.78, 5) is 30.2. The second-order valence-corrected chi connectivity index (χ2v) is 7.38. The van der Waals surface area contributed by atoms with Gasteiger partial charge in [-0.15, -0.1) is 6.10 Å². The molecule has 0 aliphatic heterocycles. The summed E-state index contributed by atoms with van der Waals surface area (Å²) in [6.07, 6.45) is 4.46. The standard InChI is InChI=1S/C10H20O2.C6H10O3.C3H7O.Al/c1-10(2,3)8-6-4-5-7-9(11)12;1-2-3-5(7)4-6(8)9;1-3(2)4;/h4-8H2,1-3H3,(H,11,12);2-4H2,1H3,(H,8,9);3H,1-2H3;/q;;-1;+3/p-2. The number of hydrogen-bond acceptors (Lipinski definition) is 6. The summed E-state index contributed by atoms with van der Waals surface area (Å²) in [5.41, 5.74) is 0.376. The number of carbonyl (C=O) groups excluding carboxylic acids is 3. The molecule has 150 valence electrons. The van der Waals surface area contributed by atoms with Crippen molar-refractivity contribution in [2.75, 3.05) is 0 Å². The maximum absolute atomic E-state index is 10.4. The molecule has 7 heteroatoms. The van der Waals surface area contributed by atoms with Crippen LogP contribution in [0, 0.1) is 5.41 Å². The zero-order valence-corrected chi connectivity index (χ0v) is 18.4. The fourth-order valence-electron chi connectivity index (χ4n) is 1.63. The van der Waals surface area contributed by atoms with Gasteiger partial charge in [0.1, 0.15) is 5.78 Å². The largest absolute Gasteiger partial charge is 3.00 e. The van der Waals surface area contributed by atoms with Crippen molar-refractivity contribution in [1.29, 1.82) is 0 Å². The maximum atomic E-state index is 10.4. The number of carboxylic acid groups (broad SMARTS) is 2. The fraction of sp³-hybridized carbons (Fsp3) is 0.842. The number of aliphatic carboxylic acids is 2. The van der Waals surface area contributed by atoms with Crippen molar-refractivity contribution in [3.05, 3.63) is 0 Å². The maximum Gasteiger partial charge on any atom is 3.00 e. The Morgan fingerprint density at radius 2 is 1.35 bits per heavy atom. The predicted octanol–water partition coefficient (Wildman–Crippen LogP) is 0.603. The second kappa shape index (κ2) is 20.4. The van der Waals surface area contributed by atoms with Gasteiger partial charge in [-0.3, -0.25) is 4.79 Å². The van der Waals surface area contributed by atoms with Gasteiger partial charge in [0.15, 0.2) is 0 Å². The molecule has 0 saturated heterocycles. The molecule has 6 nitrogen and oxygen atoms in total. The van der Waals surface area contributed by atoms with Crippen molar-refractivity contribution in [3.63, 3.8) is 0 Å². The van der Waals surface area contributed by atoms with E-state index in [-0.39, 0.29) is 29.6 Å². The molecule has 0 fully saturated rings. The molecular weight excluding hydrogens is 351 g/mol. The van der Waals surface area contributed by atoms with E-state index < -0.39 is 24.5 Å². The number of Topliss-reactive ketones (excluding diaryl/α,β-unsaturated/α-hetero) is 1. The van der Waals surface area contributed by atoms with E-state index in [9.17, 15) is 29.7 Å². The first-order valence-electron chi connectivity index (χ1n) is 8.89. The zero-order valence-electron chi connectivity index (χ0n) is 17.3. The molecule has 0 radical (unpaired) electrons. The number of hydrogen-bond donors (Lipinski definition) is 0. The minimum atomic E-state index is -1.28. The summed E-state index contributed by atoms with van der Waals surface area (Å²) in [7, 11) is 0. The molecule has 26 heavy (non-hydrogen) atoms. The minimum absolute atomic E-state index is 0. The van der Waals surface area contributed by atoms with E-state index in [1.165, 1.54) is 6.42 Å². The van der Waals surface area contributed by atoms with Crippen molar-refractivity contribution in [2.24, 2.45) is 5.41 Å². The van der Waals surface area contributed by atoms with Crippen molar-refractivity contribution >= 4 is 35.1 Å². The predicted molar refractivity (Wildman–Crippen MR) is 98.0 cm³/mol. The van der Waals surface area contributed by atoms with Gasteiger partial charge in [-0.05, 0) is 31.1 Å². The Kier molecular flexibility index (Phi) is 25.7. The van der Waals surface area contributed by atoms with Crippen LogP contribution in [0.3, 0.4) is 0 Å². The van der Waals surface area contributed by atoms with Crippen molar-refractivity contribution < 1.29 is 29.7 Å². The summed E-state index contributed by atoms with van der Waals surface area (Å²) in [5.74, 6) is -2.46. The van der Waals surface area contributed by atoms with Crippen LogP contribution in [0.5, 0.6) is 0 Å². The van der Waals surface area contributed by atoms with E-state index in [0.29, 0.717) is 18.3 Å². The van der Waals surface area contributed by atoms with Gasteiger partial charge in [0, 0.05) is 24.8 Å². The number of rotatable bonds is 9. The van der Waals surface area contributed by atoms with Crippen molar-refractivity contribution in [3.8, 4) is 0 Å². The molecule has 0 unspecified atom stereocenters. The van der Waals surface area contributed by atoms with Crippen LogP contribution in [0.4, 0.5) is 0 Å². The summed E-state index contributed by atoms with van der Waals surface area (Å²) >= 11 is 0. The van der Waals surface area contributed by atoms with Crippen LogP contribution in [0.1, 0.15) is 92.9 Å². The molecule has 0 aromatic carbocycles. The summed E-state index contributed by atoms with van der Waals surface area (Å²) in [5, 5.41) is 29.3. The molecule has 0 bridgehead atoms. The molecule has 0 aliphatic carbocycles. The van der Waals surface area contributed by atoms with Gasteiger partial charge in [0.25, 0.3) is 0 Å². The van der Waals surface area contributed by atoms with E-state index in [2.05, 4.69) is 20.8 Å². The van der Waals surface area contributed by atoms with Crippen LogP contribution >= 0.6 is 0 Å². The Bertz CT molecular complexity index is 359. The van der Waals surface area contributed by atoms with Gasteiger partial charge in [0.2, 0.25) is 0 Å². The Hall–Kier alpha value is -0.898. The first-order valence-corrected chi connectivity index (χ1v) is 8.89. The molecule has 0 aromatic rings. The zero-order chi connectivity index (χ0) is 20.5. The Morgan fingerprint density at radius 1 is 0.885 bits per heavy atom. The third-order valence-electron chi connectivity index (χ3n) is 2.68. The first-order chi connectivity index (χ1) is 11.3. The van der Waals surface area contributed by atoms with Crippen LogP contribution in [-0.4, -0.2) is 41.2 Å². The Balaban J connectivity index is -0.000000153. The molecule has 0 rings (SSSR count). The number of ketones is 1. The first kappa shape index (κ1) is 32.7. The number of unbranched alkanes of at least 4 members (excludes halogenated alkanes) is 2. The van der Waals surface area contributed by atoms with Crippen LogP contribution in [0.2, 0.25) is 0 Å². The average Bonchev–Trinajstić information content (AvgIpc) is 2.35. The summed E-state index contributed by atoms with van der Waals surface area (Å²) in [6, 6.07) is 0.